The molecule has 0 radical (unpaired) electrons. The highest BCUT2D eigenvalue weighted by Gasteiger charge is 1.98. The predicted molar refractivity (Wildman–Crippen MR) is 67.7 cm³/mol. The Morgan fingerprint density at radius 1 is 0.944 bits per heavy atom. The van der Waals surface area contributed by atoms with E-state index in [1.807, 2.05) is 37.3 Å². The van der Waals surface area contributed by atoms with E-state index in [0.29, 0.717) is 6.42 Å². The fourth-order valence-corrected chi connectivity index (χ4v) is 0.828. The first-order chi connectivity index (χ1) is 8.31. The smallest absolute Gasteiger partial charge is 0.300 e. The van der Waals surface area contributed by atoms with Gasteiger partial charge in [0.1, 0.15) is 0 Å². The minimum Gasteiger partial charge on any atom is -0.481 e. The fourth-order valence-electron chi connectivity index (χ4n) is 0.828. The Morgan fingerprint density at radius 3 is 1.56 bits per heavy atom. The molecule has 0 fully saturated rings. The number of Topliss-reactive ketones (excluding diaryl/α,β-unsaturated/α-hetero) is 1. The first-order valence-corrected chi connectivity index (χ1v) is 5.28. The zero-order valence-electron chi connectivity index (χ0n) is 10.7. The molecule has 0 amide bonds. The molecule has 2 N–H and O–H groups in total. The highest BCUT2D eigenvalue weighted by atomic mass is 16.4. The molecule has 0 atom stereocenters. The first-order valence-electron chi connectivity index (χ1n) is 5.28. The van der Waals surface area contributed by atoms with Gasteiger partial charge < -0.3 is 10.2 Å². The fraction of sp³-hybridized carbons (Fsp3) is 0.308. The second-order valence-electron chi connectivity index (χ2n) is 3.18. The molecular formula is C13H18O5. The number of carboxylic acids is 2. The van der Waals surface area contributed by atoms with Crippen molar-refractivity contribution in [2.75, 3.05) is 0 Å². The molecule has 0 aliphatic heterocycles. The lowest BCUT2D eigenvalue weighted by Crippen LogP contribution is -1.94. The van der Waals surface area contributed by atoms with Crippen molar-refractivity contribution >= 4 is 17.7 Å². The second kappa shape index (κ2) is 11.3. The molecule has 18 heavy (non-hydrogen) atoms. The summed E-state index contributed by atoms with van der Waals surface area (Å²) in [6, 6.07) is 9.34. The number of carboxylic acid groups (broad SMARTS) is 2. The van der Waals surface area contributed by atoms with Gasteiger partial charge in [-0.2, -0.15) is 0 Å². The molecule has 1 aromatic rings. The van der Waals surface area contributed by atoms with Gasteiger partial charge in [0.2, 0.25) is 0 Å². The molecule has 5 nitrogen and oxygen atoms in total. The van der Waals surface area contributed by atoms with E-state index in [1.165, 1.54) is 0 Å². The zero-order valence-corrected chi connectivity index (χ0v) is 10.7. The molecule has 1 aromatic carbocycles. The monoisotopic (exact) mass is 254 g/mol. The maximum absolute atomic E-state index is 11.0. The summed E-state index contributed by atoms with van der Waals surface area (Å²) in [5, 5.41) is 14.8. The number of benzene rings is 1. The number of hydrogen-bond acceptors (Lipinski definition) is 3. The quantitative estimate of drug-likeness (QED) is 0.791. The molecular weight excluding hydrogens is 236 g/mol. The molecule has 0 saturated carbocycles. The van der Waals surface area contributed by atoms with Crippen LogP contribution in [-0.2, 0) is 9.59 Å². The third-order valence-electron chi connectivity index (χ3n) is 1.42. The van der Waals surface area contributed by atoms with Crippen LogP contribution in [0, 0.1) is 0 Å². The Labute approximate surface area is 106 Å². The Balaban J connectivity index is 0. The maximum Gasteiger partial charge on any atom is 0.300 e. The molecule has 0 saturated heterocycles. The van der Waals surface area contributed by atoms with Crippen molar-refractivity contribution in [1.29, 1.82) is 0 Å². The van der Waals surface area contributed by atoms with E-state index < -0.39 is 11.9 Å². The number of carbonyl (C=O) groups is 3. The summed E-state index contributed by atoms with van der Waals surface area (Å²) in [6.07, 6.45) is 0.587. The standard InChI is InChI=1S/C9H10O.2C2H4O2/c1-2-9(10)8-6-4-3-5-7-8;2*1-2(3)4/h3-7H,2H2,1H3;2*1H3,(H,3,4). The number of rotatable bonds is 2. The van der Waals surface area contributed by atoms with Crippen molar-refractivity contribution in [2.45, 2.75) is 27.2 Å². The van der Waals surface area contributed by atoms with Crippen molar-refractivity contribution in [3.05, 3.63) is 35.9 Å². The minimum atomic E-state index is -0.833. The van der Waals surface area contributed by atoms with E-state index in [9.17, 15) is 4.79 Å². The van der Waals surface area contributed by atoms with Gasteiger partial charge in [-0.15, -0.1) is 0 Å². The van der Waals surface area contributed by atoms with Crippen LogP contribution in [0.1, 0.15) is 37.6 Å². The zero-order chi connectivity index (χ0) is 14.6. The normalized spacial score (nSPS) is 7.94. The molecule has 0 bridgehead atoms. The van der Waals surface area contributed by atoms with Crippen molar-refractivity contribution in [3.63, 3.8) is 0 Å². The molecule has 0 aliphatic rings. The van der Waals surface area contributed by atoms with E-state index in [-0.39, 0.29) is 5.78 Å². The van der Waals surface area contributed by atoms with Gasteiger partial charge in [0, 0.05) is 25.8 Å². The number of aliphatic carboxylic acids is 2. The Kier molecular flexibility index (Phi) is 11.4. The summed E-state index contributed by atoms with van der Waals surface area (Å²) in [6.45, 7) is 4.04. The summed E-state index contributed by atoms with van der Waals surface area (Å²) in [5.74, 6) is -1.46. The number of ketones is 1. The van der Waals surface area contributed by atoms with Gasteiger partial charge in [-0.1, -0.05) is 37.3 Å². The van der Waals surface area contributed by atoms with Gasteiger partial charge in [-0.05, 0) is 0 Å². The summed E-state index contributed by atoms with van der Waals surface area (Å²) in [7, 11) is 0. The molecule has 0 heterocycles. The average Bonchev–Trinajstić information content (AvgIpc) is 2.28. The van der Waals surface area contributed by atoms with E-state index in [1.54, 1.807) is 0 Å². The van der Waals surface area contributed by atoms with Gasteiger partial charge in [0.05, 0.1) is 0 Å². The summed E-state index contributed by atoms with van der Waals surface area (Å²) >= 11 is 0. The van der Waals surface area contributed by atoms with Crippen LogP contribution in [0.15, 0.2) is 30.3 Å². The summed E-state index contributed by atoms with van der Waals surface area (Å²) in [4.78, 5) is 29.0. The highest BCUT2D eigenvalue weighted by Crippen LogP contribution is 2.01. The van der Waals surface area contributed by atoms with Crippen LogP contribution < -0.4 is 0 Å². The Morgan fingerprint density at radius 2 is 1.28 bits per heavy atom. The summed E-state index contributed by atoms with van der Waals surface area (Å²) < 4.78 is 0. The molecule has 0 spiro atoms. The van der Waals surface area contributed by atoms with Crippen molar-refractivity contribution in [3.8, 4) is 0 Å². The van der Waals surface area contributed by atoms with Crippen molar-refractivity contribution < 1.29 is 24.6 Å². The molecule has 5 heteroatoms. The average molecular weight is 254 g/mol. The third-order valence-corrected chi connectivity index (χ3v) is 1.42. The predicted octanol–water partition coefficient (Wildman–Crippen LogP) is 2.46. The van der Waals surface area contributed by atoms with Crippen LogP contribution in [0.4, 0.5) is 0 Å². The van der Waals surface area contributed by atoms with Gasteiger partial charge in [0.15, 0.2) is 5.78 Å². The first kappa shape index (κ1) is 18.2. The lowest BCUT2D eigenvalue weighted by molar-refractivity contribution is -0.135. The van der Waals surface area contributed by atoms with E-state index in [0.717, 1.165) is 19.4 Å². The van der Waals surface area contributed by atoms with Gasteiger partial charge in [0.25, 0.3) is 11.9 Å². The lowest BCUT2D eigenvalue weighted by Gasteiger charge is -1.93. The topological polar surface area (TPSA) is 91.7 Å². The largest absolute Gasteiger partial charge is 0.481 e. The van der Waals surface area contributed by atoms with E-state index in [4.69, 9.17) is 19.8 Å². The maximum atomic E-state index is 11.0. The van der Waals surface area contributed by atoms with Crippen molar-refractivity contribution in [2.24, 2.45) is 0 Å². The highest BCUT2D eigenvalue weighted by molar-refractivity contribution is 5.95. The van der Waals surface area contributed by atoms with E-state index in [2.05, 4.69) is 0 Å². The number of carbonyl (C=O) groups excluding carboxylic acids is 1. The molecule has 100 valence electrons. The Hall–Kier alpha value is -2.17. The van der Waals surface area contributed by atoms with Crippen LogP contribution in [0.2, 0.25) is 0 Å². The summed E-state index contributed by atoms with van der Waals surface area (Å²) in [5.41, 5.74) is 0.810. The second-order valence-corrected chi connectivity index (χ2v) is 3.18. The van der Waals surface area contributed by atoms with Crippen LogP contribution >= 0.6 is 0 Å². The van der Waals surface area contributed by atoms with E-state index >= 15 is 0 Å². The minimum absolute atomic E-state index is 0.209. The molecule has 0 unspecified atom stereocenters. The number of hydrogen-bond donors (Lipinski definition) is 2. The van der Waals surface area contributed by atoms with Crippen molar-refractivity contribution in [1.82, 2.24) is 0 Å². The third kappa shape index (κ3) is 16.3. The van der Waals surface area contributed by atoms with Gasteiger partial charge >= 0.3 is 0 Å². The van der Waals surface area contributed by atoms with Crippen LogP contribution in [-0.4, -0.2) is 27.9 Å². The molecule has 0 aliphatic carbocycles. The molecule has 0 aromatic heterocycles. The van der Waals surface area contributed by atoms with Crippen LogP contribution in [0.25, 0.3) is 0 Å². The molecule has 1 rings (SSSR count). The van der Waals surface area contributed by atoms with Gasteiger partial charge in [-0.3, -0.25) is 14.4 Å². The lowest BCUT2D eigenvalue weighted by atomic mass is 10.1. The SMILES string of the molecule is CC(=O)O.CC(=O)O.CCC(=O)c1ccccc1. The van der Waals surface area contributed by atoms with Gasteiger partial charge in [-0.25, -0.2) is 0 Å². The van der Waals surface area contributed by atoms with Crippen LogP contribution in [0.3, 0.4) is 0 Å². The van der Waals surface area contributed by atoms with Crippen LogP contribution in [0.5, 0.6) is 0 Å². The Bertz CT molecular complexity index is 350.